The number of anilines is 2. The Balaban J connectivity index is 2.12. The number of benzene rings is 1. The van der Waals surface area contributed by atoms with Crippen molar-refractivity contribution in [1.29, 1.82) is 0 Å². The molecule has 0 saturated heterocycles. The number of aromatic carboxylic acids is 1. The molecule has 122 valence electrons. The molecule has 2 N–H and O–H groups in total. The molecule has 0 saturated carbocycles. The zero-order valence-electron chi connectivity index (χ0n) is 12.3. The number of aryl methyl sites for hydroxylation is 1. The summed E-state index contributed by atoms with van der Waals surface area (Å²) < 4.78 is 1.51. The lowest BCUT2D eigenvalue weighted by molar-refractivity contribution is 0.0687. The maximum Gasteiger partial charge on any atom is 0.352 e. The van der Waals surface area contributed by atoms with E-state index in [1.807, 2.05) is 0 Å². The van der Waals surface area contributed by atoms with Crippen molar-refractivity contribution in [3.63, 3.8) is 0 Å². The van der Waals surface area contributed by atoms with Crippen LogP contribution in [0.25, 0.3) is 10.9 Å². The number of carboxylic acid groups (broad SMARTS) is 1. The van der Waals surface area contributed by atoms with Gasteiger partial charge in [0, 0.05) is 24.2 Å². The fourth-order valence-corrected chi connectivity index (χ4v) is 2.83. The summed E-state index contributed by atoms with van der Waals surface area (Å²) in [5.41, 5.74) is 1.45. The Morgan fingerprint density at radius 1 is 1.29 bits per heavy atom. The average Bonchev–Trinajstić information content (AvgIpc) is 2.89. The second-order valence-corrected chi connectivity index (χ2v) is 5.78. The second kappa shape index (κ2) is 6.14. The quantitative estimate of drug-likeness (QED) is 0.617. The van der Waals surface area contributed by atoms with Gasteiger partial charge in [-0.1, -0.05) is 24.2 Å². The van der Waals surface area contributed by atoms with Gasteiger partial charge < -0.3 is 15.0 Å². The molecular formula is C15H11ClN4O3S. The van der Waals surface area contributed by atoms with Gasteiger partial charge in [-0.25, -0.2) is 14.8 Å². The SMILES string of the molecule is Cn1c(C(=O)O)cc2c(Nc3cc(C(=O)S)ncn3)ccc(Cl)c21. The first-order valence-electron chi connectivity index (χ1n) is 6.72. The first kappa shape index (κ1) is 16.3. The molecule has 24 heavy (non-hydrogen) atoms. The summed E-state index contributed by atoms with van der Waals surface area (Å²) in [7, 11) is 1.63. The zero-order chi connectivity index (χ0) is 17.4. The van der Waals surface area contributed by atoms with Gasteiger partial charge in [0.05, 0.1) is 10.5 Å². The highest BCUT2D eigenvalue weighted by molar-refractivity contribution is 7.97. The Morgan fingerprint density at radius 3 is 2.71 bits per heavy atom. The standard InChI is InChI=1S/C15H11ClN4O3S/c1-20-11(14(21)22)4-7-9(3-2-8(16)13(7)20)19-12-5-10(15(23)24)17-6-18-12/h2-6H,1H3,(H,21,22)(H,23,24)(H,17,18,19). The summed E-state index contributed by atoms with van der Waals surface area (Å²) in [5.74, 6) is -0.674. The van der Waals surface area contributed by atoms with Gasteiger partial charge in [0.2, 0.25) is 5.12 Å². The largest absolute Gasteiger partial charge is 0.477 e. The predicted octanol–water partition coefficient (Wildman–Crippen LogP) is 3.13. The molecule has 0 atom stereocenters. The van der Waals surface area contributed by atoms with E-state index in [9.17, 15) is 14.7 Å². The number of nitrogens with zero attached hydrogens (tertiary/aromatic N) is 3. The number of rotatable bonds is 4. The Morgan fingerprint density at radius 2 is 2.04 bits per heavy atom. The number of thiol groups is 1. The number of carbonyl (C=O) groups excluding carboxylic acids is 1. The number of nitrogens with one attached hydrogen (secondary N) is 1. The summed E-state index contributed by atoms with van der Waals surface area (Å²) in [6.45, 7) is 0. The highest BCUT2D eigenvalue weighted by atomic mass is 35.5. The molecule has 2 aromatic heterocycles. The fraction of sp³-hybridized carbons (Fsp3) is 0.0667. The highest BCUT2D eigenvalue weighted by Gasteiger charge is 2.17. The summed E-state index contributed by atoms with van der Waals surface area (Å²) in [5, 5.41) is 12.9. The molecule has 0 fully saturated rings. The van der Waals surface area contributed by atoms with Crippen LogP contribution < -0.4 is 5.32 Å². The zero-order valence-corrected chi connectivity index (χ0v) is 14.0. The third-order valence-corrected chi connectivity index (χ3v) is 4.05. The highest BCUT2D eigenvalue weighted by Crippen LogP contribution is 2.33. The van der Waals surface area contributed by atoms with E-state index in [-0.39, 0.29) is 11.4 Å². The monoisotopic (exact) mass is 362 g/mol. The Labute approximate surface area is 146 Å². The maximum absolute atomic E-state index is 11.3. The molecule has 2 heterocycles. The summed E-state index contributed by atoms with van der Waals surface area (Å²) in [6.07, 6.45) is 1.24. The van der Waals surface area contributed by atoms with Crippen molar-refractivity contribution in [2.45, 2.75) is 0 Å². The molecule has 3 aromatic rings. The van der Waals surface area contributed by atoms with Gasteiger partial charge in [-0.05, 0) is 18.2 Å². The van der Waals surface area contributed by atoms with Crippen molar-refractivity contribution in [2.75, 3.05) is 5.32 Å². The number of carbonyl (C=O) groups is 2. The van der Waals surface area contributed by atoms with Gasteiger partial charge in [-0.2, -0.15) is 0 Å². The lowest BCUT2D eigenvalue weighted by Crippen LogP contribution is -2.03. The fourth-order valence-electron chi connectivity index (χ4n) is 2.42. The van der Waals surface area contributed by atoms with Crippen LogP contribution in [-0.2, 0) is 7.05 Å². The van der Waals surface area contributed by atoms with E-state index in [1.165, 1.54) is 23.0 Å². The van der Waals surface area contributed by atoms with Crippen LogP contribution in [0.4, 0.5) is 11.5 Å². The van der Waals surface area contributed by atoms with Crippen molar-refractivity contribution in [3.8, 4) is 0 Å². The van der Waals surface area contributed by atoms with Gasteiger partial charge in [0.1, 0.15) is 23.5 Å². The van der Waals surface area contributed by atoms with E-state index in [0.717, 1.165) is 0 Å². The summed E-state index contributed by atoms with van der Waals surface area (Å²) >= 11 is 9.93. The average molecular weight is 363 g/mol. The normalized spacial score (nSPS) is 10.8. The second-order valence-electron chi connectivity index (χ2n) is 4.97. The minimum Gasteiger partial charge on any atom is -0.477 e. The van der Waals surface area contributed by atoms with Crippen LogP contribution in [0.2, 0.25) is 5.02 Å². The number of carboxylic acids is 1. The molecule has 3 rings (SSSR count). The van der Waals surface area contributed by atoms with Crippen LogP contribution in [0.3, 0.4) is 0 Å². The number of hydrogen-bond acceptors (Lipinski definition) is 5. The molecule has 0 aliphatic carbocycles. The molecular weight excluding hydrogens is 352 g/mol. The van der Waals surface area contributed by atoms with E-state index < -0.39 is 11.1 Å². The van der Waals surface area contributed by atoms with Crippen molar-refractivity contribution in [1.82, 2.24) is 14.5 Å². The molecule has 9 heteroatoms. The first-order valence-corrected chi connectivity index (χ1v) is 7.54. The van der Waals surface area contributed by atoms with Gasteiger partial charge >= 0.3 is 5.97 Å². The maximum atomic E-state index is 11.3. The number of fused-ring (bicyclic) bond motifs is 1. The van der Waals surface area contributed by atoms with Crippen molar-refractivity contribution in [2.24, 2.45) is 7.05 Å². The minimum absolute atomic E-state index is 0.107. The van der Waals surface area contributed by atoms with E-state index in [2.05, 4.69) is 27.9 Å². The number of aromatic nitrogens is 3. The summed E-state index contributed by atoms with van der Waals surface area (Å²) in [6, 6.07) is 6.35. The topological polar surface area (TPSA) is 97.1 Å². The molecule has 0 aliphatic heterocycles. The van der Waals surface area contributed by atoms with Gasteiger partial charge in [-0.15, -0.1) is 0 Å². The van der Waals surface area contributed by atoms with Crippen molar-refractivity contribution >= 4 is 57.7 Å². The predicted molar refractivity (Wildman–Crippen MR) is 93.5 cm³/mol. The Kier molecular flexibility index (Phi) is 4.16. The van der Waals surface area contributed by atoms with E-state index in [0.29, 0.717) is 27.4 Å². The van der Waals surface area contributed by atoms with E-state index in [4.69, 9.17) is 11.6 Å². The van der Waals surface area contributed by atoms with E-state index >= 15 is 0 Å². The van der Waals surface area contributed by atoms with Crippen LogP contribution >= 0.6 is 24.2 Å². The van der Waals surface area contributed by atoms with Gasteiger partial charge in [-0.3, -0.25) is 4.79 Å². The summed E-state index contributed by atoms with van der Waals surface area (Å²) in [4.78, 5) is 30.5. The van der Waals surface area contributed by atoms with Crippen LogP contribution in [0.5, 0.6) is 0 Å². The molecule has 0 unspecified atom stereocenters. The molecule has 0 radical (unpaired) electrons. The van der Waals surface area contributed by atoms with Crippen LogP contribution in [0.1, 0.15) is 21.0 Å². The Hall–Kier alpha value is -2.58. The molecule has 0 spiro atoms. The molecule has 0 bridgehead atoms. The first-order chi connectivity index (χ1) is 11.4. The lowest BCUT2D eigenvalue weighted by atomic mass is 10.2. The smallest absolute Gasteiger partial charge is 0.352 e. The minimum atomic E-state index is -1.05. The van der Waals surface area contributed by atoms with Crippen LogP contribution in [0.15, 0.2) is 30.6 Å². The van der Waals surface area contributed by atoms with Crippen molar-refractivity contribution < 1.29 is 14.7 Å². The molecule has 7 nitrogen and oxygen atoms in total. The van der Waals surface area contributed by atoms with Crippen LogP contribution in [-0.4, -0.2) is 30.7 Å². The van der Waals surface area contributed by atoms with Gasteiger partial charge in [0.15, 0.2) is 0 Å². The lowest BCUT2D eigenvalue weighted by Gasteiger charge is -2.09. The third-order valence-electron chi connectivity index (χ3n) is 3.51. The third kappa shape index (κ3) is 2.81. The molecule has 0 amide bonds. The van der Waals surface area contributed by atoms with E-state index in [1.54, 1.807) is 19.2 Å². The number of halogens is 1. The Bertz CT molecular complexity index is 986. The van der Waals surface area contributed by atoms with Gasteiger partial charge in [0.25, 0.3) is 0 Å². The van der Waals surface area contributed by atoms with Crippen molar-refractivity contribution in [3.05, 3.63) is 47.0 Å². The number of hydrogen-bond donors (Lipinski definition) is 3. The molecule has 0 aliphatic rings. The van der Waals surface area contributed by atoms with Crippen LogP contribution in [0, 0.1) is 0 Å². The molecule has 1 aromatic carbocycles.